The Morgan fingerprint density at radius 3 is 2.75 bits per heavy atom. The van der Waals surface area contributed by atoms with Crippen LogP contribution >= 0.6 is 27.5 Å². The molecule has 2 nitrogen and oxygen atoms in total. The first-order valence-electron chi connectivity index (χ1n) is 4.72. The van der Waals surface area contributed by atoms with E-state index in [2.05, 4.69) is 20.9 Å². The van der Waals surface area contributed by atoms with Crippen molar-refractivity contribution in [3.8, 4) is 11.6 Å². The van der Waals surface area contributed by atoms with Gasteiger partial charge in [0.25, 0.3) is 0 Å². The molecule has 0 amide bonds. The van der Waals surface area contributed by atoms with Crippen LogP contribution in [0.25, 0.3) is 0 Å². The zero-order valence-corrected chi connectivity index (χ0v) is 10.7. The highest BCUT2D eigenvalue weighted by Gasteiger charge is 1.99. The second kappa shape index (κ2) is 5.32. The molecule has 0 radical (unpaired) electrons. The molecule has 0 atom stereocenters. The number of alkyl halides is 1. The molecule has 0 unspecified atom stereocenters. The van der Waals surface area contributed by atoms with Crippen LogP contribution in [0.5, 0.6) is 11.6 Å². The second-order valence-corrected chi connectivity index (χ2v) is 4.19. The highest BCUT2D eigenvalue weighted by molar-refractivity contribution is 9.08. The smallest absolute Gasteiger partial charge is 0.219 e. The topological polar surface area (TPSA) is 22.1 Å². The molecule has 1 aromatic heterocycles. The van der Waals surface area contributed by atoms with Crippen molar-refractivity contribution in [2.45, 2.75) is 5.33 Å². The van der Waals surface area contributed by atoms with E-state index in [9.17, 15) is 0 Å². The summed E-state index contributed by atoms with van der Waals surface area (Å²) >= 11 is 9.21. The number of halogens is 2. The van der Waals surface area contributed by atoms with Crippen molar-refractivity contribution in [1.29, 1.82) is 0 Å². The van der Waals surface area contributed by atoms with E-state index in [0.29, 0.717) is 16.7 Å². The summed E-state index contributed by atoms with van der Waals surface area (Å²) in [4.78, 5) is 4.18. The molecule has 0 fully saturated rings. The molecule has 0 aliphatic heterocycles. The molecular formula is C12H9BrClNO. The van der Waals surface area contributed by atoms with Crippen LogP contribution in [0.2, 0.25) is 5.02 Å². The zero-order valence-electron chi connectivity index (χ0n) is 8.36. The van der Waals surface area contributed by atoms with Crippen LogP contribution in [0, 0.1) is 0 Å². The Morgan fingerprint density at radius 2 is 2.12 bits per heavy atom. The van der Waals surface area contributed by atoms with Gasteiger partial charge in [-0.2, -0.15) is 0 Å². The van der Waals surface area contributed by atoms with Gasteiger partial charge in [0.2, 0.25) is 5.88 Å². The monoisotopic (exact) mass is 297 g/mol. The molecule has 4 heteroatoms. The Hall–Kier alpha value is -1.06. The molecule has 0 bridgehead atoms. The lowest BCUT2D eigenvalue weighted by Gasteiger charge is -2.04. The Labute approximate surface area is 107 Å². The molecule has 0 aliphatic carbocycles. The third kappa shape index (κ3) is 2.97. The van der Waals surface area contributed by atoms with Crippen LogP contribution in [0.15, 0.2) is 42.6 Å². The van der Waals surface area contributed by atoms with Crippen molar-refractivity contribution in [3.05, 3.63) is 53.2 Å². The Kier molecular flexibility index (Phi) is 3.80. The van der Waals surface area contributed by atoms with Gasteiger partial charge < -0.3 is 4.74 Å². The molecule has 0 spiro atoms. The van der Waals surface area contributed by atoms with E-state index in [-0.39, 0.29) is 0 Å². The van der Waals surface area contributed by atoms with Crippen LogP contribution in [0.3, 0.4) is 0 Å². The largest absolute Gasteiger partial charge is 0.439 e. The molecule has 16 heavy (non-hydrogen) atoms. The van der Waals surface area contributed by atoms with Gasteiger partial charge in [-0.3, -0.25) is 0 Å². The SMILES string of the molecule is Clc1cccc(Oc2ccc(CBr)cn2)c1. The van der Waals surface area contributed by atoms with E-state index in [1.165, 1.54) is 0 Å². The van der Waals surface area contributed by atoms with Crippen molar-refractivity contribution in [2.24, 2.45) is 0 Å². The number of hydrogen-bond acceptors (Lipinski definition) is 2. The van der Waals surface area contributed by atoms with Crippen LogP contribution in [0.1, 0.15) is 5.56 Å². The van der Waals surface area contributed by atoms with Gasteiger partial charge in [0.1, 0.15) is 5.75 Å². The van der Waals surface area contributed by atoms with Gasteiger partial charge in [-0.05, 0) is 23.8 Å². The predicted octanol–water partition coefficient (Wildman–Crippen LogP) is 4.42. The molecule has 2 aromatic rings. The number of nitrogens with zero attached hydrogens (tertiary/aromatic N) is 1. The van der Waals surface area contributed by atoms with Gasteiger partial charge in [-0.1, -0.05) is 39.7 Å². The minimum Gasteiger partial charge on any atom is -0.439 e. The Balaban J connectivity index is 2.14. The number of hydrogen-bond donors (Lipinski definition) is 0. The number of rotatable bonds is 3. The lowest BCUT2D eigenvalue weighted by Crippen LogP contribution is -1.88. The van der Waals surface area contributed by atoms with Crippen molar-refractivity contribution in [3.63, 3.8) is 0 Å². The van der Waals surface area contributed by atoms with E-state index in [1.807, 2.05) is 24.3 Å². The zero-order chi connectivity index (χ0) is 11.4. The lowest BCUT2D eigenvalue weighted by molar-refractivity contribution is 0.463. The highest BCUT2D eigenvalue weighted by atomic mass is 79.9. The fraction of sp³-hybridized carbons (Fsp3) is 0.0833. The van der Waals surface area contributed by atoms with Gasteiger partial charge in [-0.15, -0.1) is 0 Å². The van der Waals surface area contributed by atoms with Gasteiger partial charge >= 0.3 is 0 Å². The van der Waals surface area contributed by atoms with E-state index in [1.54, 1.807) is 18.3 Å². The maximum atomic E-state index is 5.85. The molecule has 1 heterocycles. The fourth-order valence-corrected chi connectivity index (χ4v) is 1.71. The average Bonchev–Trinajstić information content (AvgIpc) is 2.30. The first-order valence-corrected chi connectivity index (χ1v) is 6.22. The van der Waals surface area contributed by atoms with Crippen LogP contribution in [-0.2, 0) is 5.33 Å². The molecule has 2 rings (SSSR count). The third-order valence-electron chi connectivity index (χ3n) is 1.97. The van der Waals surface area contributed by atoms with Gasteiger partial charge in [0.15, 0.2) is 0 Å². The van der Waals surface area contributed by atoms with Crippen molar-refractivity contribution >= 4 is 27.5 Å². The number of benzene rings is 1. The summed E-state index contributed by atoms with van der Waals surface area (Å²) in [7, 11) is 0. The lowest BCUT2D eigenvalue weighted by atomic mass is 10.3. The summed E-state index contributed by atoms with van der Waals surface area (Å²) in [5.41, 5.74) is 1.11. The summed E-state index contributed by atoms with van der Waals surface area (Å²) in [5, 5.41) is 1.44. The van der Waals surface area contributed by atoms with E-state index in [4.69, 9.17) is 16.3 Å². The van der Waals surface area contributed by atoms with Crippen LogP contribution in [-0.4, -0.2) is 4.98 Å². The molecule has 0 saturated carbocycles. The first-order chi connectivity index (χ1) is 7.78. The van der Waals surface area contributed by atoms with Crippen molar-refractivity contribution in [1.82, 2.24) is 4.98 Å². The molecule has 0 N–H and O–H groups in total. The second-order valence-electron chi connectivity index (χ2n) is 3.20. The van der Waals surface area contributed by atoms with E-state index < -0.39 is 0 Å². The average molecular weight is 299 g/mol. The van der Waals surface area contributed by atoms with Crippen molar-refractivity contribution in [2.75, 3.05) is 0 Å². The maximum absolute atomic E-state index is 5.85. The molecule has 82 valence electrons. The minimum atomic E-state index is 0.562. The van der Waals surface area contributed by atoms with Gasteiger partial charge in [0.05, 0.1) is 0 Å². The summed E-state index contributed by atoms with van der Waals surface area (Å²) < 4.78 is 5.55. The maximum Gasteiger partial charge on any atom is 0.219 e. The summed E-state index contributed by atoms with van der Waals surface area (Å²) in [6.07, 6.45) is 1.77. The molecule has 1 aromatic carbocycles. The van der Waals surface area contributed by atoms with E-state index >= 15 is 0 Å². The quantitative estimate of drug-likeness (QED) is 0.782. The van der Waals surface area contributed by atoms with Crippen LogP contribution < -0.4 is 4.74 Å². The van der Waals surface area contributed by atoms with Gasteiger partial charge in [0, 0.05) is 22.6 Å². The Morgan fingerprint density at radius 1 is 1.25 bits per heavy atom. The predicted molar refractivity (Wildman–Crippen MR) is 68.4 cm³/mol. The number of ether oxygens (including phenoxy) is 1. The standard InChI is InChI=1S/C12H9BrClNO/c13-7-9-4-5-12(15-8-9)16-11-3-1-2-10(14)6-11/h1-6,8H,7H2. The fourth-order valence-electron chi connectivity index (χ4n) is 1.20. The van der Waals surface area contributed by atoms with Crippen LogP contribution in [0.4, 0.5) is 0 Å². The summed E-state index contributed by atoms with van der Waals surface area (Å²) in [6, 6.07) is 11.0. The number of pyridine rings is 1. The Bertz CT molecular complexity index is 473. The third-order valence-corrected chi connectivity index (χ3v) is 2.85. The highest BCUT2D eigenvalue weighted by Crippen LogP contribution is 2.22. The summed E-state index contributed by atoms with van der Waals surface area (Å²) in [6.45, 7) is 0. The molecule has 0 aliphatic rings. The van der Waals surface area contributed by atoms with E-state index in [0.717, 1.165) is 10.9 Å². The molecule has 0 saturated heterocycles. The molecular weight excluding hydrogens is 289 g/mol. The first kappa shape index (κ1) is 11.4. The summed E-state index contributed by atoms with van der Waals surface area (Å²) in [5.74, 6) is 1.25. The van der Waals surface area contributed by atoms with Gasteiger partial charge in [-0.25, -0.2) is 4.98 Å². The normalized spacial score (nSPS) is 10.1. The number of aromatic nitrogens is 1. The van der Waals surface area contributed by atoms with Crippen molar-refractivity contribution < 1.29 is 4.74 Å². The minimum absolute atomic E-state index is 0.562.